The van der Waals surface area contributed by atoms with Crippen LogP contribution in [0.1, 0.15) is 24.0 Å². The minimum absolute atomic E-state index is 0.643. The summed E-state index contributed by atoms with van der Waals surface area (Å²) >= 11 is 9.80. The number of aryl methyl sites for hydroxylation is 1. The van der Waals surface area contributed by atoms with Gasteiger partial charge in [-0.15, -0.1) is 0 Å². The van der Waals surface area contributed by atoms with Gasteiger partial charge in [-0.3, -0.25) is 0 Å². The number of halogens is 2. The van der Waals surface area contributed by atoms with Crippen molar-refractivity contribution in [1.82, 2.24) is 5.32 Å². The maximum atomic E-state index is 6.34. The Hall–Kier alpha value is -1.03. The van der Waals surface area contributed by atoms with Gasteiger partial charge in [0.15, 0.2) is 0 Å². The molecule has 1 N–H and O–H groups in total. The molecule has 0 aliphatic heterocycles. The number of ether oxygens (including phenoxy) is 1. The van der Waals surface area contributed by atoms with Gasteiger partial charge in [-0.1, -0.05) is 39.7 Å². The van der Waals surface area contributed by atoms with Gasteiger partial charge in [-0.05, 0) is 55.2 Å². The van der Waals surface area contributed by atoms with Crippen LogP contribution in [-0.2, 0) is 6.54 Å². The van der Waals surface area contributed by atoms with Gasteiger partial charge in [0.2, 0.25) is 0 Å². The zero-order chi connectivity index (χ0) is 14.8. The van der Waals surface area contributed by atoms with Crippen molar-refractivity contribution in [3.05, 3.63) is 57.0 Å². The molecule has 21 heavy (non-hydrogen) atoms. The van der Waals surface area contributed by atoms with Crippen LogP contribution in [0.25, 0.3) is 0 Å². The summed E-state index contributed by atoms with van der Waals surface area (Å²) in [7, 11) is 0. The molecule has 110 valence electrons. The van der Waals surface area contributed by atoms with E-state index in [4.69, 9.17) is 16.3 Å². The van der Waals surface area contributed by atoms with Crippen LogP contribution < -0.4 is 10.1 Å². The van der Waals surface area contributed by atoms with Crippen LogP contribution in [0, 0.1) is 6.92 Å². The molecule has 0 bridgehead atoms. The SMILES string of the molecule is Cc1ccc(Br)cc1Oc1ccc(CNC2CC2)cc1Cl. The quantitative estimate of drug-likeness (QED) is 0.759. The fraction of sp³-hybridized carbons (Fsp3) is 0.294. The number of hydrogen-bond acceptors (Lipinski definition) is 2. The molecular weight excluding hydrogens is 350 g/mol. The highest BCUT2D eigenvalue weighted by molar-refractivity contribution is 9.10. The molecule has 2 aromatic carbocycles. The second-order valence-corrected chi connectivity index (χ2v) is 6.75. The molecule has 0 spiro atoms. The fourth-order valence-corrected chi connectivity index (χ4v) is 2.67. The molecule has 0 unspecified atom stereocenters. The maximum absolute atomic E-state index is 6.34. The van der Waals surface area contributed by atoms with Crippen LogP contribution in [0.15, 0.2) is 40.9 Å². The van der Waals surface area contributed by atoms with Crippen molar-refractivity contribution in [2.45, 2.75) is 32.4 Å². The average molecular weight is 367 g/mol. The van der Waals surface area contributed by atoms with Gasteiger partial charge in [0.1, 0.15) is 11.5 Å². The number of rotatable bonds is 5. The monoisotopic (exact) mass is 365 g/mol. The summed E-state index contributed by atoms with van der Waals surface area (Å²) in [6.45, 7) is 2.88. The Bertz CT molecular complexity index is 655. The molecule has 4 heteroatoms. The van der Waals surface area contributed by atoms with Crippen molar-refractivity contribution in [3.8, 4) is 11.5 Å². The Balaban J connectivity index is 1.74. The Kier molecular flexibility index (Phi) is 4.53. The highest BCUT2D eigenvalue weighted by Crippen LogP contribution is 2.33. The first-order chi connectivity index (χ1) is 10.1. The summed E-state index contributed by atoms with van der Waals surface area (Å²) in [5, 5.41) is 4.12. The summed E-state index contributed by atoms with van der Waals surface area (Å²) in [5.74, 6) is 1.50. The lowest BCUT2D eigenvalue weighted by Gasteiger charge is -2.12. The predicted molar refractivity (Wildman–Crippen MR) is 90.3 cm³/mol. The van der Waals surface area contributed by atoms with Crippen molar-refractivity contribution < 1.29 is 4.74 Å². The Morgan fingerprint density at radius 3 is 2.71 bits per heavy atom. The van der Waals surface area contributed by atoms with E-state index >= 15 is 0 Å². The van der Waals surface area contributed by atoms with E-state index in [9.17, 15) is 0 Å². The molecular formula is C17H17BrClNO. The molecule has 0 heterocycles. The number of hydrogen-bond donors (Lipinski definition) is 1. The topological polar surface area (TPSA) is 21.3 Å². The van der Waals surface area contributed by atoms with Crippen LogP contribution in [-0.4, -0.2) is 6.04 Å². The van der Waals surface area contributed by atoms with Crippen LogP contribution in [0.2, 0.25) is 5.02 Å². The van der Waals surface area contributed by atoms with Gasteiger partial charge in [0.25, 0.3) is 0 Å². The third kappa shape index (κ3) is 4.00. The van der Waals surface area contributed by atoms with Gasteiger partial charge >= 0.3 is 0 Å². The van der Waals surface area contributed by atoms with Gasteiger partial charge < -0.3 is 10.1 Å². The van der Waals surface area contributed by atoms with Crippen LogP contribution in [0.4, 0.5) is 0 Å². The third-order valence-corrected chi connectivity index (χ3v) is 4.33. The first-order valence-electron chi connectivity index (χ1n) is 7.07. The molecule has 0 atom stereocenters. The Morgan fingerprint density at radius 1 is 1.19 bits per heavy atom. The predicted octanol–water partition coefficient (Wildman–Crippen LogP) is 5.46. The first-order valence-corrected chi connectivity index (χ1v) is 8.25. The minimum Gasteiger partial charge on any atom is -0.455 e. The molecule has 0 saturated heterocycles. The van der Waals surface area contributed by atoms with Crippen molar-refractivity contribution in [2.75, 3.05) is 0 Å². The minimum atomic E-state index is 0.643. The molecule has 2 nitrogen and oxygen atoms in total. The molecule has 1 aliphatic rings. The van der Waals surface area contributed by atoms with Crippen molar-refractivity contribution in [1.29, 1.82) is 0 Å². The van der Waals surface area contributed by atoms with Crippen LogP contribution in [0.3, 0.4) is 0 Å². The zero-order valence-corrected chi connectivity index (χ0v) is 14.2. The van der Waals surface area contributed by atoms with E-state index in [1.807, 2.05) is 37.3 Å². The summed E-state index contributed by atoms with van der Waals surface area (Å²) in [5.41, 5.74) is 2.26. The first kappa shape index (κ1) is 14.9. The summed E-state index contributed by atoms with van der Waals surface area (Å²) < 4.78 is 6.92. The lowest BCUT2D eigenvalue weighted by Crippen LogP contribution is -2.15. The number of nitrogens with one attached hydrogen (secondary N) is 1. The molecule has 0 radical (unpaired) electrons. The number of benzene rings is 2. The summed E-state index contributed by atoms with van der Waals surface area (Å²) in [6.07, 6.45) is 2.58. The smallest absolute Gasteiger partial charge is 0.146 e. The van der Waals surface area contributed by atoms with Crippen molar-refractivity contribution in [3.63, 3.8) is 0 Å². The fourth-order valence-electron chi connectivity index (χ4n) is 2.09. The Labute approximate surface area is 138 Å². The van der Waals surface area contributed by atoms with Crippen LogP contribution >= 0.6 is 27.5 Å². The summed E-state index contributed by atoms with van der Waals surface area (Å²) in [4.78, 5) is 0. The van der Waals surface area contributed by atoms with E-state index in [2.05, 4.69) is 27.3 Å². The van der Waals surface area contributed by atoms with E-state index in [1.54, 1.807) is 0 Å². The second kappa shape index (κ2) is 6.39. The van der Waals surface area contributed by atoms with E-state index in [0.717, 1.165) is 22.3 Å². The summed E-state index contributed by atoms with van der Waals surface area (Å²) in [6, 6.07) is 12.6. The lowest BCUT2D eigenvalue weighted by atomic mass is 10.2. The largest absolute Gasteiger partial charge is 0.455 e. The molecule has 0 amide bonds. The van der Waals surface area contributed by atoms with E-state index < -0.39 is 0 Å². The maximum Gasteiger partial charge on any atom is 0.146 e. The lowest BCUT2D eigenvalue weighted by molar-refractivity contribution is 0.478. The molecule has 1 saturated carbocycles. The van der Waals surface area contributed by atoms with E-state index in [0.29, 0.717) is 16.8 Å². The third-order valence-electron chi connectivity index (χ3n) is 3.54. The second-order valence-electron chi connectivity index (χ2n) is 5.43. The molecule has 1 fully saturated rings. The standard InChI is InChI=1S/C17H17BrClNO/c1-11-2-4-13(18)9-17(11)21-16-7-3-12(8-15(16)19)10-20-14-5-6-14/h2-4,7-9,14,20H,5-6,10H2,1H3. The average Bonchev–Trinajstić information content (AvgIpc) is 3.27. The molecule has 0 aromatic heterocycles. The highest BCUT2D eigenvalue weighted by Gasteiger charge is 2.20. The van der Waals surface area contributed by atoms with Gasteiger partial charge in [0.05, 0.1) is 5.02 Å². The molecule has 1 aliphatic carbocycles. The van der Waals surface area contributed by atoms with E-state index in [-0.39, 0.29) is 0 Å². The van der Waals surface area contributed by atoms with Gasteiger partial charge in [-0.25, -0.2) is 0 Å². The Morgan fingerprint density at radius 2 is 2.00 bits per heavy atom. The highest BCUT2D eigenvalue weighted by atomic mass is 79.9. The zero-order valence-electron chi connectivity index (χ0n) is 11.8. The molecule has 3 rings (SSSR count). The normalized spacial score (nSPS) is 14.2. The van der Waals surface area contributed by atoms with Gasteiger partial charge in [-0.2, -0.15) is 0 Å². The van der Waals surface area contributed by atoms with Crippen LogP contribution in [0.5, 0.6) is 11.5 Å². The van der Waals surface area contributed by atoms with Gasteiger partial charge in [0, 0.05) is 17.1 Å². The molecule has 2 aromatic rings. The van der Waals surface area contributed by atoms with Crippen molar-refractivity contribution >= 4 is 27.5 Å². The van der Waals surface area contributed by atoms with Crippen molar-refractivity contribution in [2.24, 2.45) is 0 Å². The van der Waals surface area contributed by atoms with E-state index in [1.165, 1.54) is 18.4 Å².